The standard InChI is InChI=1S/C20H26N6O2/c1-3-28-9-5-7-21-18(27)13-26-8-4-6-17(26)16-10-15-19-14(12-23-25(19)2)11-22-20(15)24-16/h4,6,8,10-12,19,23-24H,3,5,7,9,13H2,1-2H3,(H,21,27). The Balaban J connectivity index is 1.45. The summed E-state index contributed by atoms with van der Waals surface area (Å²) in [5.41, 5.74) is 7.41. The molecule has 3 N–H and O–H groups in total. The fourth-order valence-electron chi connectivity index (χ4n) is 3.65. The van der Waals surface area contributed by atoms with Crippen LogP contribution in [0.15, 0.2) is 41.2 Å². The predicted octanol–water partition coefficient (Wildman–Crippen LogP) is 2.12. The lowest BCUT2D eigenvalue weighted by Crippen LogP contribution is -2.29. The van der Waals surface area contributed by atoms with Crippen molar-refractivity contribution in [2.75, 3.05) is 26.8 Å². The van der Waals surface area contributed by atoms with Gasteiger partial charge in [0.2, 0.25) is 5.91 Å². The lowest BCUT2D eigenvalue weighted by Gasteiger charge is -2.23. The van der Waals surface area contributed by atoms with Crippen molar-refractivity contribution >= 4 is 17.9 Å². The van der Waals surface area contributed by atoms with Crippen molar-refractivity contribution in [1.82, 2.24) is 25.3 Å². The van der Waals surface area contributed by atoms with Crippen LogP contribution in [-0.4, -0.2) is 53.5 Å². The molecule has 0 radical (unpaired) electrons. The van der Waals surface area contributed by atoms with E-state index in [2.05, 4.69) is 31.8 Å². The van der Waals surface area contributed by atoms with Gasteiger partial charge in [-0.05, 0) is 31.5 Å². The highest BCUT2D eigenvalue weighted by Crippen LogP contribution is 2.40. The molecule has 0 bridgehead atoms. The van der Waals surface area contributed by atoms with Gasteiger partial charge in [-0.2, -0.15) is 0 Å². The summed E-state index contributed by atoms with van der Waals surface area (Å²) in [5, 5.41) is 5.01. The Morgan fingerprint density at radius 3 is 3.18 bits per heavy atom. The monoisotopic (exact) mass is 382 g/mol. The Morgan fingerprint density at radius 1 is 1.43 bits per heavy atom. The first-order valence-corrected chi connectivity index (χ1v) is 9.63. The summed E-state index contributed by atoms with van der Waals surface area (Å²) < 4.78 is 7.24. The minimum absolute atomic E-state index is 0.00626. The van der Waals surface area contributed by atoms with E-state index in [1.807, 2.05) is 49.3 Å². The third-order valence-corrected chi connectivity index (χ3v) is 5.01. The molecule has 0 aromatic carbocycles. The van der Waals surface area contributed by atoms with Crippen molar-refractivity contribution in [1.29, 1.82) is 0 Å². The SMILES string of the molecule is CCOCCCNC(=O)Cn1cccc1-c1cc2c([nH]1)N=CC1=CNN(C)C12. The number of aromatic nitrogens is 2. The van der Waals surface area contributed by atoms with Crippen molar-refractivity contribution in [3.05, 3.63) is 41.7 Å². The summed E-state index contributed by atoms with van der Waals surface area (Å²) in [6, 6.07) is 6.24. The smallest absolute Gasteiger partial charge is 0.239 e. The van der Waals surface area contributed by atoms with Crippen LogP contribution in [0.5, 0.6) is 0 Å². The van der Waals surface area contributed by atoms with Gasteiger partial charge in [0, 0.05) is 56.6 Å². The minimum Gasteiger partial charge on any atom is -0.382 e. The van der Waals surface area contributed by atoms with Crippen molar-refractivity contribution < 1.29 is 9.53 Å². The number of aliphatic imine (C=N–C) groups is 1. The van der Waals surface area contributed by atoms with Gasteiger partial charge < -0.3 is 25.0 Å². The van der Waals surface area contributed by atoms with Crippen molar-refractivity contribution in [3.63, 3.8) is 0 Å². The van der Waals surface area contributed by atoms with E-state index < -0.39 is 0 Å². The Labute approximate surface area is 164 Å². The van der Waals surface area contributed by atoms with Gasteiger partial charge in [0.05, 0.1) is 17.4 Å². The van der Waals surface area contributed by atoms with E-state index in [-0.39, 0.29) is 18.5 Å². The number of nitrogens with zero attached hydrogens (tertiary/aromatic N) is 3. The molecule has 4 heterocycles. The molecule has 0 aliphatic carbocycles. The van der Waals surface area contributed by atoms with Crippen LogP contribution in [0.3, 0.4) is 0 Å². The quantitative estimate of drug-likeness (QED) is 0.611. The Bertz CT molecular complexity index is 910. The number of nitrogens with one attached hydrogen (secondary N) is 3. The predicted molar refractivity (Wildman–Crippen MR) is 108 cm³/mol. The molecule has 28 heavy (non-hydrogen) atoms. The highest BCUT2D eigenvalue weighted by atomic mass is 16.5. The Hall–Kier alpha value is -2.84. The van der Waals surface area contributed by atoms with Crippen LogP contribution in [0.1, 0.15) is 24.9 Å². The van der Waals surface area contributed by atoms with Crippen LogP contribution >= 0.6 is 0 Å². The summed E-state index contributed by atoms with van der Waals surface area (Å²) in [5.74, 6) is 0.856. The molecule has 2 aliphatic heterocycles. The van der Waals surface area contributed by atoms with Crippen LogP contribution in [0, 0.1) is 0 Å². The minimum atomic E-state index is -0.00626. The number of H-pyrrole nitrogens is 1. The van der Waals surface area contributed by atoms with E-state index in [1.54, 1.807) is 0 Å². The molecule has 148 valence electrons. The van der Waals surface area contributed by atoms with E-state index >= 15 is 0 Å². The zero-order valence-electron chi connectivity index (χ0n) is 16.2. The number of rotatable bonds is 8. The van der Waals surface area contributed by atoms with Gasteiger partial charge in [-0.25, -0.2) is 10.0 Å². The number of fused-ring (bicyclic) bond motifs is 3. The van der Waals surface area contributed by atoms with E-state index in [4.69, 9.17) is 4.74 Å². The Kier molecular flexibility index (Phi) is 5.31. The first-order chi connectivity index (χ1) is 13.7. The number of amides is 1. The number of hydrogen-bond donors (Lipinski definition) is 3. The largest absolute Gasteiger partial charge is 0.382 e. The molecule has 0 saturated heterocycles. The topological polar surface area (TPSA) is 86.7 Å². The maximum atomic E-state index is 12.3. The van der Waals surface area contributed by atoms with Gasteiger partial charge in [-0.15, -0.1) is 0 Å². The van der Waals surface area contributed by atoms with Crippen LogP contribution in [-0.2, 0) is 16.1 Å². The van der Waals surface area contributed by atoms with Crippen molar-refractivity contribution in [2.24, 2.45) is 4.99 Å². The summed E-state index contributed by atoms with van der Waals surface area (Å²) >= 11 is 0. The number of ether oxygens (including phenoxy) is 1. The van der Waals surface area contributed by atoms with Gasteiger partial charge in [-0.3, -0.25) is 4.79 Å². The summed E-state index contributed by atoms with van der Waals surface area (Å²) in [7, 11) is 2.02. The van der Waals surface area contributed by atoms with Crippen LogP contribution in [0.25, 0.3) is 11.4 Å². The molecule has 2 aromatic rings. The number of carbonyl (C=O) groups excluding carboxylic acids is 1. The number of hydrazine groups is 1. The van der Waals surface area contributed by atoms with Gasteiger partial charge in [0.25, 0.3) is 0 Å². The average Bonchev–Trinajstić information content (AvgIpc) is 3.39. The lowest BCUT2D eigenvalue weighted by atomic mass is 10.0. The number of carbonyl (C=O) groups is 1. The summed E-state index contributed by atoms with van der Waals surface area (Å²) in [4.78, 5) is 20.2. The number of hydrogen-bond acceptors (Lipinski definition) is 5. The zero-order chi connectivity index (χ0) is 19.5. The first-order valence-electron chi connectivity index (χ1n) is 9.63. The zero-order valence-corrected chi connectivity index (χ0v) is 16.2. The normalized spacial score (nSPS) is 17.8. The molecule has 8 nitrogen and oxygen atoms in total. The van der Waals surface area contributed by atoms with E-state index in [9.17, 15) is 4.79 Å². The first kappa shape index (κ1) is 18.5. The molecule has 2 aromatic heterocycles. The molecule has 8 heteroatoms. The van der Waals surface area contributed by atoms with Crippen molar-refractivity contribution in [2.45, 2.75) is 25.9 Å². The third-order valence-electron chi connectivity index (χ3n) is 5.01. The van der Waals surface area contributed by atoms with Gasteiger partial charge in [0.1, 0.15) is 12.4 Å². The maximum Gasteiger partial charge on any atom is 0.239 e. The molecule has 2 aliphatic rings. The molecular weight excluding hydrogens is 356 g/mol. The molecule has 1 amide bonds. The lowest BCUT2D eigenvalue weighted by molar-refractivity contribution is -0.121. The number of aromatic amines is 1. The van der Waals surface area contributed by atoms with E-state index in [0.29, 0.717) is 19.8 Å². The molecule has 0 saturated carbocycles. The summed E-state index contributed by atoms with van der Waals surface area (Å²) in [6.45, 7) is 4.24. The van der Waals surface area contributed by atoms with E-state index in [1.165, 1.54) is 0 Å². The van der Waals surface area contributed by atoms with Crippen LogP contribution in [0.4, 0.5) is 5.82 Å². The molecule has 0 spiro atoms. The van der Waals surface area contributed by atoms with Gasteiger partial charge in [-0.1, -0.05) is 0 Å². The molecular formula is C20H26N6O2. The fourth-order valence-corrected chi connectivity index (χ4v) is 3.65. The van der Waals surface area contributed by atoms with Crippen molar-refractivity contribution in [3.8, 4) is 11.4 Å². The van der Waals surface area contributed by atoms with Gasteiger partial charge >= 0.3 is 0 Å². The second-order valence-corrected chi connectivity index (χ2v) is 6.95. The average molecular weight is 382 g/mol. The van der Waals surface area contributed by atoms with Gasteiger partial charge in [0.15, 0.2) is 0 Å². The van der Waals surface area contributed by atoms with Crippen LogP contribution in [0.2, 0.25) is 0 Å². The molecule has 0 fully saturated rings. The fraction of sp³-hybridized carbons (Fsp3) is 0.400. The second kappa shape index (κ2) is 8.04. The highest BCUT2D eigenvalue weighted by Gasteiger charge is 2.31. The van der Waals surface area contributed by atoms with E-state index in [0.717, 1.165) is 34.8 Å². The highest BCUT2D eigenvalue weighted by molar-refractivity contribution is 5.87. The molecule has 1 atom stereocenters. The molecule has 4 rings (SSSR count). The number of likely N-dealkylation sites (N-methyl/N-ethyl adjacent to an activating group) is 1. The second-order valence-electron chi connectivity index (χ2n) is 6.95. The molecule has 1 unspecified atom stereocenters. The Morgan fingerprint density at radius 2 is 2.32 bits per heavy atom. The maximum absolute atomic E-state index is 12.3. The third kappa shape index (κ3) is 3.61. The van der Waals surface area contributed by atoms with Crippen LogP contribution < -0.4 is 10.7 Å². The summed E-state index contributed by atoms with van der Waals surface area (Å²) in [6.07, 6.45) is 6.60.